The van der Waals surface area contributed by atoms with E-state index in [0.29, 0.717) is 13.0 Å². The molecule has 0 aliphatic rings. The molecule has 1 atom stereocenters. The van der Waals surface area contributed by atoms with E-state index in [-0.39, 0.29) is 0 Å². The molecule has 1 N–H and O–H groups in total. The second-order valence-corrected chi connectivity index (χ2v) is 5.31. The van der Waals surface area contributed by atoms with Crippen molar-refractivity contribution >= 4 is 5.97 Å². The Hall–Kier alpha value is -2.73. The van der Waals surface area contributed by atoms with Crippen LogP contribution in [0.5, 0.6) is 5.75 Å². The number of ether oxygens (including phenoxy) is 1. The Balaban J connectivity index is 2.05. The number of benzene rings is 2. The highest BCUT2D eigenvalue weighted by atomic mass is 16.5. The van der Waals surface area contributed by atoms with Gasteiger partial charge in [0.05, 0.1) is 5.92 Å². The van der Waals surface area contributed by atoms with Crippen molar-refractivity contribution in [2.45, 2.75) is 32.8 Å². The number of rotatable bonds is 6. The van der Waals surface area contributed by atoms with Gasteiger partial charge < -0.3 is 9.84 Å². The monoisotopic (exact) mass is 308 g/mol. The molecule has 0 bridgehead atoms. The number of carbonyl (C=O) groups is 1. The maximum atomic E-state index is 11.3. The summed E-state index contributed by atoms with van der Waals surface area (Å²) in [5, 5.41) is 9.31. The van der Waals surface area contributed by atoms with E-state index < -0.39 is 11.9 Å². The van der Waals surface area contributed by atoms with Gasteiger partial charge in [0.15, 0.2) is 0 Å². The van der Waals surface area contributed by atoms with Crippen molar-refractivity contribution in [3.05, 3.63) is 65.2 Å². The molecule has 0 heterocycles. The molecule has 0 saturated carbocycles. The van der Waals surface area contributed by atoms with Gasteiger partial charge in [-0.1, -0.05) is 36.4 Å². The summed E-state index contributed by atoms with van der Waals surface area (Å²) in [6, 6.07) is 15.3. The molecule has 0 radical (unpaired) electrons. The molecule has 0 saturated heterocycles. The highest BCUT2D eigenvalue weighted by molar-refractivity contribution is 5.76. The Labute approximate surface area is 136 Å². The molecule has 2 aromatic rings. The van der Waals surface area contributed by atoms with Crippen molar-refractivity contribution in [1.82, 2.24) is 0 Å². The quantitative estimate of drug-likeness (QED) is 0.815. The maximum Gasteiger partial charge on any atom is 0.311 e. The number of hydrogen-bond donors (Lipinski definition) is 1. The Morgan fingerprint density at radius 1 is 1.17 bits per heavy atom. The van der Waals surface area contributed by atoms with Gasteiger partial charge in [0.2, 0.25) is 0 Å². The number of hydrogen-bond acceptors (Lipinski definition) is 2. The molecule has 2 aromatic carbocycles. The average molecular weight is 308 g/mol. The summed E-state index contributed by atoms with van der Waals surface area (Å²) < 4.78 is 5.77. The van der Waals surface area contributed by atoms with E-state index in [1.165, 1.54) is 5.56 Å². The van der Waals surface area contributed by atoms with Crippen molar-refractivity contribution in [2.24, 2.45) is 0 Å². The molecule has 0 fully saturated rings. The summed E-state index contributed by atoms with van der Waals surface area (Å²) in [4.78, 5) is 11.3. The lowest BCUT2D eigenvalue weighted by Crippen LogP contribution is -2.10. The van der Waals surface area contributed by atoms with Crippen LogP contribution in [0, 0.1) is 18.8 Å². The number of carboxylic acid groups (broad SMARTS) is 1. The van der Waals surface area contributed by atoms with Gasteiger partial charge in [0.1, 0.15) is 12.4 Å². The lowest BCUT2D eigenvalue weighted by atomic mass is 9.96. The highest BCUT2D eigenvalue weighted by Gasteiger charge is 2.18. The van der Waals surface area contributed by atoms with E-state index in [4.69, 9.17) is 4.74 Å². The summed E-state index contributed by atoms with van der Waals surface area (Å²) in [5.74, 6) is 4.83. The first kappa shape index (κ1) is 16.6. The standard InChI is InChI=1S/C20H20O3/c1-3-4-9-19(20(21)22)16-10-12-18(13-11-16)23-14-17-8-6-5-7-15(17)2/h5-8,10-13,19H,9,14H2,1-2H3,(H,21,22). The zero-order chi connectivity index (χ0) is 16.7. The van der Waals surface area contributed by atoms with Gasteiger partial charge in [-0.05, 0) is 42.7 Å². The van der Waals surface area contributed by atoms with Gasteiger partial charge >= 0.3 is 5.97 Å². The van der Waals surface area contributed by atoms with Crippen LogP contribution >= 0.6 is 0 Å². The minimum atomic E-state index is -0.860. The molecule has 118 valence electrons. The van der Waals surface area contributed by atoms with Gasteiger partial charge in [-0.25, -0.2) is 0 Å². The lowest BCUT2D eigenvalue weighted by molar-refractivity contribution is -0.138. The van der Waals surface area contributed by atoms with Crippen molar-refractivity contribution in [2.75, 3.05) is 0 Å². The molecule has 3 nitrogen and oxygen atoms in total. The van der Waals surface area contributed by atoms with E-state index in [0.717, 1.165) is 16.9 Å². The van der Waals surface area contributed by atoms with E-state index in [2.05, 4.69) is 11.8 Å². The fourth-order valence-corrected chi connectivity index (χ4v) is 2.28. The van der Waals surface area contributed by atoms with Crippen molar-refractivity contribution < 1.29 is 14.6 Å². The topological polar surface area (TPSA) is 46.5 Å². The summed E-state index contributed by atoms with van der Waals surface area (Å²) in [6.07, 6.45) is 0.315. The zero-order valence-electron chi connectivity index (χ0n) is 13.4. The molecule has 23 heavy (non-hydrogen) atoms. The van der Waals surface area contributed by atoms with Crippen molar-refractivity contribution in [3.63, 3.8) is 0 Å². The van der Waals surface area contributed by atoms with Crippen LogP contribution in [-0.2, 0) is 11.4 Å². The molecular formula is C20H20O3. The smallest absolute Gasteiger partial charge is 0.311 e. The Morgan fingerprint density at radius 2 is 1.87 bits per heavy atom. The molecule has 1 unspecified atom stereocenters. The van der Waals surface area contributed by atoms with Gasteiger partial charge in [-0.3, -0.25) is 4.79 Å². The lowest BCUT2D eigenvalue weighted by Gasteiger charge is -2.12. The van der Waals surface area contributed by atoms with Crippen LogP contribution in [0.1, 0.15) is 36.0 Å². The number of carboxylic acids is 1. The number of aliphatic carboxylic acids is 1. The van der Waals surface area contributed by atoms with Crippen LogP contribution in [-0.4, -0.2) is 11.1 Å². The first-order valence-electron chi connectivity index (χ1n) is 7.51. The second-order valence-electron chi connectivity index (χ2n) is 5.31. The zero-order valence-corrected chi connectivity index (χ0v) is 13.4. The van der Waals surface area contributed by atoms with Crippen LogP contribution in [0.25, 0.3) is 0 Å². The molecule has 3 heteroatoms. The predicted octanol–water partition coefficient (Wildman–Crippen LogP) is 4.16. The van der Waals surface area contributed by atoms with E-state index in [1.54, 1.807) is 19.1 Å². The number of aryl methyl sites for hydroxylation is 1. The molecule has 0 amide bonds. The minimum Gasteiger partial charge on any atom is -0.489 e. The third-order valence-electron chi connectivity index (χ3n) is 3.72. The van der Waals surface area contributed by atoms with Crippen LogP contribution in [0.2, 0.25) is 0 Å². The second kappa shape index (κ2) is 8.05. The SMILES string of the molecule is CC#CCC(C(=O)O)c1ccc(OCc2ccccc2C)cc1. The maximum absolute atomic E-state index is 11.3. The van der Waals surface area contributed by atoms with Crippen LogP contribution < -0.4 is 4.74 Å². The van der Waals surface area contributed by atoms with Gasteiger partial charge in [0, 0.05) is 6.42 Å². The molecule has 0 aliphatic heterocycles. The molecule has 2 rings (SSSR count). The van der Waals surface area contributed by atoms with Gasteiger partial charge in [-0.2, -0.15) is 0 Å². The van der Waals surface area contributed by atoms with Crippen LogP contribution in [0.3, 0.4) is 0 Å². The molecule has 0 aliphatic carbocycles. The Bertz CT molecular complexity index is 721. The van der Waals surface area contributed by atoms with Crippen molar-refractivity contribution in [3.8, 4) is 17.6 Å². The fourth-order valence-electron chi connectivity index (χ4n) is 2.28. The predicted molar refractivity (Wildman–Crippen MR) is 90.4 cm³/mol. The Kier molecular flexibility index (Phi) is 5.82. The molecular weight excluding hydrogens is 288 g/mol. The average Bonchev–Trinajstić information content (AvgIpc) is 2.55. The highest BCUT2D eigenvalue weighted by Crippen LogP contribution is 2.23. The van der Waals surface area contributed by atoms with Crippen LogP contribution in [0.15, 0.2) is 48.5 Å². The third kappa shape index (κ3) is 4.62. The van der Waals surface area contributed by atoms with Crippen LogP contribution in [0.4, 0.5) is 0 Å². The largest absolute Gasteiger partial charge is 0.489 e. The summed E-state index contributed by atoms with van der Waals surface area (Å²) in [5.41, 5.74) is 3.06. The molecule has 0 aromatic heterocycles. The normalized spacial score (nSPS) is 11.2. The Morgan fingerprint density at radius 3 is 2.48 bits per heavy atom. The van der Waals surface area contributed by atoms with E-state index in [1.807, 2.05) is 43.3 Å². The van der Waals surface area contributed by atoms with Gasteiger partial charge in [0.25, 0.3) is 0 Å². The first-order chi connectivity index (χ1) is 11.1. The first-order valence-corrected chi connectivity index (χ1v) is 7.51. The summed E-state index contributed by atoms with van der Waals surface area (Å²) in [6.45, 7) is 4.26. The minimum absolute atomic E-state index is 0.315. The summed E-state index contributed by atoms with van der Waals surface area (Å²) in [7, 11) is 0. The third-order valence-corrected chi connectivity index (χ3v) is 3.72. The van der Waals surface area contributed by atoms with Crippen molar-refractivity contribution in [1.29, 1.82) is 0 Å². The molecule has 0 spiro atoms. The van der Waals surface area contributed by atoms with Gasteiger partial charge in [-0.15, -0.1) is 11.8 Å². The summed E-state index contributed by atoms with van der Waals surface area (Å²) >= 11 is 0. The van der Waals surface area contributed by atoms with E-state index >= 15 is 0 Å². The van der Waals surface area contributed by atoms with E-state index in [9.17, 15) is 9.90 Å². The fraction of sp³-hybridized carbons (Fsp3) is 0.250.